The number of halogens is 3. The Morgan fingerprint density at radius 2 is 1.85 bits per heavy atom. The number of rotatable bonds is 5. The van der Waals surface area contributed by atoms with Gasteiger partial charge in [-0.25, -0.2) is 0 Å². The normalized spacial score (nSPS) is 16.8. The Balaban J connectivity index is 2.23. The molecule has 0 aromatic heterocycles. The van der Waals surface area contributed by atoms with Gasteiger partial charge < -0.3 is 16.4 Å². The Morgan fingerprint density at radius 1 is 1.19 bits per heavy atom. The van der Waals surface area contributed by atoms with Gasteiger partial charge in [0.05, 0.1) is 5.56 Å². The molecule has 26 heavy (non-hydrogen) atoms. The van der Waals surface area contributed by atoms with E-state index in [1.807, 2.05) is 0 Å². The minimum Gasteiger partial charge on any atom is -0.348 e. The zero-order valence-corrected chi connectivity index (χ0v) is 14.7. The highest BCUT2D eigenvalue weighted by Gasteiger charge is 2.32. The Hall–Kier alpha value is -2.09. The molecule has 1 saturated carbocycles. The van der Waals surface area contributed by atoms with Crippen LogP contribution in [0.25, 0.3) is 0 Å². The first-order chi connectivity index (χ1) is 12.2. The van der Waals surface area contributed by atoms with Gasteiger partial charge in [0.1, 0.15) is 0 Å². The summed E-state index contributed by atoms with van der Waals surface area (Å²) in [5, 5.41) is 5.07. The van der Waals surface area contributed by atoms with Crippen LogP contribution in [0, 0.1) is 5.92 Å². The van der Waals surface area contributed by atoms with Crippen molar-refractivity contribution in [2.45, 2.75) is 51.2 Å². The van der Waals surface area contributed by atoms with Gasteiger partial charge >= 0.3 is 6.18 Å². The summed E-state index contributed by atoms with van der Waals surface area (Å²) in [6, 6.07) is 2.55. The quantitative estimate of drug-likeness (QED) is 0.742. The van der Waals surface area contributed by atoms with E-state index < -0.39 is 23.6 Å². The van der Waals surface area contributed by atoms with E-state index in [9.17, 15) is 22.8 Å². The van der Waals surface area contributed by atoms with Crippen molar-refractivity contribution >= 4 is 17.5 Å². The van der Waals surface area contributed by atoms with Crippen LogP contribution < -0.4 is 16.4 Å². The topological polar surface area (TPSA) is 84.2 Å². The molecule has 1 atom stereocenters. The summed E-state index contributed by atoms with van der Waals surface area (Å²) < 4.78 is 39.3. The van der Waals surface area contributed by atoms with Crippen LogP contribution in [0.15, 0.2) is 18.2 Å². The van der Waals surface area contributed by atoms with Gasteiger partial charge in [-0.3, -0.25) is 9.59 Å². The SMILES string of the molecule is CC(=O)Nc1cc(C(=O)NC(CN)C2CCCCC2)cc(C(F)(F)F)c1. The Bertz CT molecular complexity index is 656. The zero-order valence-electron chi connectivity index (χ0n) is 14.7. The summed E-state index contributed by atoms with van der Waals surface area (Å²) >= 11 is 0. The molecule has 5 nitrogen and oxygen atoms in total. The van der Waals surface area contributed by atoms with Crippen molar-refractivity contribution in [2.24, 2.45) is 11.7 Å². The first-order valence-corrected chi connectivity index (χ1v) is 8.71. The number of nitrogens with two attached hydrogens (primary N) is 1. The number of nitrogens with one attached hydrogen (secondary N) is 2. The Morgan fingerprint density at radius 3 is 2.38 bits per heavy atom. The zero-order chi connectivity index (χ0) is 19.3. The van der Waals surface area contributed by atoms with Crippen molar-refractivity contribution in [1.82, 2.24) is 5.32 Å². The number of carbonyl (C=O) groups is 2. The molecule has 0 bridgehead atoms. The lowest BCUT2D eigenvalue weighted by Gasteiger charge is -2.30. The molecule has 0 saturated heterocycles. The molecule has 4 N–H and O–H groups in total. The third kappa shape index (κ3) is 5.45. The van der Waals surface area contributed by atoms with Crippen LogP contribution in [0.1, 0.15) is 54.9 Å². The summed E-state index contributed by atoms with van der Waals surface area (Å²) in [5.74, 6) is -0.903. The molecule has 1 unspecified atom stereocenters. The van der Waals surface area contributed by atoms with Crippen LogP contribution in [0.3, 0.4) is 0 Å². The highest BCUT2D eigenvalue weighted by Crippen LogP contribution is 2.32. The standard InChI is InChI=1S/C18H24F3N3O2/c1-11(25)23-15-8-13(7-14(9-15)18(19,20)21)17(26)24-16(10-22)12-5-3-2-4-6-12/h7-9,12,16H,2-6,10,22H2,1H3,(H,23,25)(H,24,26). The van der Waals surface area contributed by atoms with E-state index in [1.165, 1.54) is 13.0 Å². The maximum atomic E-state index is 13.1. The van der Waals surface area contributed by atoms with E-state index in [0.717, 1.165) is 44.2 Å². The van der Waals surface area contributed by atoms with Crippen LogP contribution >= 0.6 is 0 Å². The number of carbonyl (C=O) groups excluding carboxylic acids is 2. The lowest BCUT2D eigenvalue weighted by Crippen LogP contribution is -2.46. The molecule has 0 aliphatic heterocycles. The third-order valence-corrected chi connectivity index (χ3v) is 4.63. The number of alkyl halides is 3. The molecule has 2 rings (SSSR count). The summed E-state index contributed by atoms with van der Waals surface area (Å²) in [4.78, 5) is 23.7. The Kier molecular flexibility index (Phi) is 6.63. The molecule has 1 aromatic carbocycles. The second-order valence-electron chi connectivity index (χ2n) is 6.69. The van der Waals surface area contributed by atoms with Crippen molar-refractivity contribution in [3.8, 4) is 0 Å². The molecular weight excluding hydrogens is 347 g/mol. The van der Waals surface area contributed by atoms with Crippen LogP contribution in [-0.2, 0) is 11.0 Å². The predicted octanol–water partition coefficient (Wildman–Crippen LogP) is 3.30. The number of hydrogen-bond donors (Lipinski definition) is 3. The summed E-state index contributed by atoms with van der Waals surface area (Å²) in [6.45, 7) is 1.42. The average Bonchev–Trinajstić information content (AvgIpc) is 2.58. The van der Waals surface area contributed by atoms with Crippen molar-refractivity contribution in [3.63, 3.8) is 0 Å². The van der Waals surface area contributed by atoms with Crippen LogP contribution in [-0.4, -0.2) is 24.4 Å². The van der Waals surface area contributed by atoms with Crippen LogP contribution in [0.4, 0.5) is 18.9 Å². The molecule has 144 valence electrons. The van der Waals surface area contributed by atoms with Gasteiger partial charge in [-0.1, -0.05) is 19.3 Å². The maximum absolute atomic E-state index is 13.1. The molecule has 2 amide bonds. The fraction of sp³-hybridized carbons (Fsp3) is 0.556. The Labute approximate surface area is 150 Å². The molecule has 1 aromatic rings. The first kappa shape index (κ1) is 20.2. The van der Waals surface area contributed by atoms with Crippen molar-refractivity contribution in [2.75, 3.05) is 11.9 Å². The summed E-state index contributed by atoms with van der Waals surface area (Å²) in [5.41, 5.74) is 4.56. The van der Waals surface area contributed by atoms with E-state index in [4.69, 9.17) is 5.73 Å². The van der Waals surface area contributed by atoms with E-state index >= 15 is 0 Å². The molecule has 1 aliphatic carbocycles. The van der Waals surface area contributed by atoms with Crippen molar-refractivity contribution in [3.05, 3.63) is 29.3 Å². The molecule has 1 fully saturated rings. The van der Waals surface area contributed by atoms with E-state index in [1.54, 1.807) is 0 Å². The van der Waals surface area contributed by atoms with Crippen molar-refractivity contribution < 1.29 is 22.8 Å². The highest BCUT2D eigenvalue weighted by molar-refractivity contribution is 5.97. The highest BCUT2D eigenvalue weighted by atomic mass is 19.4. The number of anilines is 1. The van der Waals surface area contributed by atoms with Gasteiger partial charge in [0.25, 0.3) is 5.91 Å². The average molecular weight is 371 g/mol. The monoisotopic (exact) mass is 371 g/mol. The largest absolute Gasteiger partial charge is 0.416 e. The lowest BCUT2D eigenvalue weighted by atomic mass is 9.84. The number of benzene rings is 1. The van der Waals surface area contributed by atoms with Gasteiger partial charge in [-0.2, -0.15) is 13.2 Å². The molecule has 0 radical (unpaired) electrons. The van der Waals surface area contributed by atoms with E-state index in [0.29, 0.717) is 0 Å². The van der Waals surface area contributed by atoms with Gasteiger partial charge in [0.15, 0.2) is 0 Å². The molecule has 0 spiro atoms. The van der Waals surface area contributed by atoms with Crippen LogP contribution in [0.5, 0.6) is 0 Å². The third-order valence-electron chi connectivity index (χ3n) is 4.63. The fourth-order valence-electron chi connectivity index (χ4n) is 3.36. The van der Waals surface area contributed by atoms with E-state index in [-0.39, 0.29) is 29.8 Å². The number of hydrogen-bond acceptors (Lipinski definition) is 3. The lowest BCUT2D eigenvalue weighted by molar-refractivity contribution is -0.137. The van der Waals surface area contributed by atoms with Gasteiger partial charge in [-0.15, -0.1) is 0 Å². The molecule has 0 heterocycles. The van der Waals surface area contributed by atoms with Gasteiger partial charge in [0.2, 0.25) is 5.91 Å². The maximum Gasteiger partial charge on any atom is 0.416 e. The van der Waals surface area contributed by atoms with Gasteiger partial charge in [0, 0.05) is 30.8 Å². The summed E-state index contributed by atoms with van der Waals surface area (Å²) in [7, 11) is 0. The minimum absolute atomic E-state index is 0.0700. The van der Waals surface area contributed by atoms with E-state index in [2.05, 4.69) is 10.6 Å². The second kappa shape index (κ2) is 8.53. The molecule has 8 heteroatoms. The number of amides is 2. The second-order valence-corrected chi connectivity index (χ2v) is 6.69. The fourth-order valence-corrected chi connectivity index (χ4v) is 3.36. The smallest absolute Gasteiger partial charge is 0.348 e. The molecule has 1 aliphatic rings. The first-order valence-electron chi connectivity index (χ1n) is 8.71. The van der Waals surface area contributed by atoms with Gasteiger partial charge in [-0.05, 0) is 37.0 Å². The van der Waals surface area contributed by atoms with Crippen LogP contribution in [0.2, 0.25) is 0 Å². The predicted molar refractivity (Wildman–Crippen MR) is 92.6 cm³/mol. The molecular formula is C18H24F3N3O2. The minimum atomic E-state index is -4.62. The summed E-state index contributed by atoms with van der Waals surface area (Å²) in [6.07, 6.45) is 0.542. The van der Waals surface area contributed by atoms with Crippen molar-refractivity contribution in [1.29, 1.82) is 0 Å².